The molecule has 1 aromatic rings. The van der Waals surface area contributed by atoms with Crippen molar-refractivity contribution >= 4 is 27.6 Å². The number of carbonyl (C=O) groups is 2. The number of amides is 1. The molecule has 10 heteroatoms. The molecule has 1 saturated heterocycles. The number of esters is 1. The molecule has 138 valence electrons. The van der Waals surface area contributed by atoms with E-state index in [-0.39, 0.29) is 29.4 Å². The highest BCUT2D eigenvalue weighted by molar-refractivity contribution is 7.89. The van der Waals surface area contributed by atoms with Crippen molar-refractivity contribution in [3.05, 3.63) is 18.2 Å². The summed E-state index contributed by atoms with van der Waals surface area (Å²) in [5, 5.41) is 2.51. The van der Waals surface area contributed by atoms with Crippen molar-refractivity contribution in [3.8, 4) is 5.75 Å². The molecule has 1 amide bonds. The van der Waals surface area contributed by atoms with Crippen LogP contribution in [-0.2, 0) is 29.1 Å². The molecule has 1 aliphatic rings. The lowest BCUT2D eigenvalue weighted by molar-refractivity contribution is -0.144. The predicted octanol–water partition coefficient (Wildman–Crippen LogP) is 0.218. The van der Waals surface area contributed by atoms with Crippen molar-refractivity contribution in [3.63, 3.8) is 0 Å². The number of methoxy groups -OCH3 is 1. The largest absolute Gasteiger partial charge is 0.495 e. The molecular weight excluding hydrogens is 352 g/mol. The SMILES string of the molecule is COc1cc(S(=O)(=O)N2CCOCC2)ccc1NC(=O)COC(C)=O. The maximum Gasteiger partial charge on any atom is 0.303 e. The minimum Gasteiger partial charge on any atom is -0.495 e. The van der Waals surface area contributed by atoms with E-state index in [4.69, 9.17) is 9.47 Å². The number of carbonyl (C=O) groups excluding carboxylic acids is 2. The highest BCUT2D eigenvalue weighted by atomic mass is 32.2. The summed E-state index contributed by atoms with van der Waals surface area (Å²) in [5.74, 6) is -0.947. The zero-order chi connectivity index (χ0) is 18.4. The Morgan fingerprint density at radius 3 is 2.56 bits per heavy atom. The molecular formula is C15H20N2O7S. The number of nitrogens with zero attached hydrogens (tertiary/aromatic N) is 1. The van der Waals surface area contributed by atoms with Crippen LogP contribution in [0.4, 0.5) is 5.69 Å². The first-order chi connectivity index (χ1) is 11.8. The molecule has 1 heterocycles. The van der Waals surface area contributed by atoms with Crippen LogP contribution in [-0.4, -0.2) is 64.6 Å². The van der Waals surface area contributed by atoms with Crippen molar-refractivity contribution in [1.82, 2.24) is 4.31 Å². The molecule has 0 aliphatic carbocycles. The summed E-state index contributed by atoms with van der Waals surface area (Å²) in [6.45, 7) is 2.02. The van der Waals surface area contributed by atoms with Crippen LogP contribution in [0.2, 0.25) is 0 Å². The van der Waals surface area contributed by atoms with Gasteiger partial charge < -0.3 is 19.5 Å². The molecule has 1 aromatic carbocycles. The van der Waals surface area contributed by atoms with Gasteiger partial charge in [-0.3, -0.25) is 9.59 Å². The summed E-state index contributed by atoms with van der Waals surface area (Å²) in [5.41, 5.74) is 0.278. The second kappa shape index (κ2) is 8.28. The lowest BCUT2D eigenvalue weighted by Crippen LogP contribution is -2.40. The first-order valence-electron chi connectivity index (χ1n) is 7.53. The third kappa shape index (κ3) is 4.91. The van der Waals surface area contributed by atoms with Crippen molar-refractivity contribution in [2.75, 3.05) is 45.3 Å². The number of ether oxygens (including phenoxy) is 3. The Hall–Kier alpha value is -2.17. The smallest absolute Gasteiger partial charge is 0.303 e. The summed E-state index contributed by atoms with van der Waals surface area (Å²) in [4.78, 5) is 22.5. The molecule has 1 fully saturated rings. The third-order valence-electron chi connectivity index (χ3n) is 3.46. The van der Waals surface area contributed by atoms with Gasteiger partial charge in [0, 0.05) is 26.1 Å². The van der Waals surface area contributed by atoms with Gasteiger partial charge in [0.25, 0.3) is 5.91 Å². The van der Waals surface area contributed by atoms with E-state index in [1.807, 2.05) is 0 Å². The fourth-order valence-electron chi connectivity index (χ4n) is 2.22. The standard InChI is InChI=1S/C15H20N2O7S/c1-11(18)24-10-15(19)16-13-4-3-12(9-14(13)22-2)25(20,21)17-5-7-23-8-6-17/h3-4,9H,5-8,10H2,1-2H3,(H,16,19). The highest BCUT2D eigenvalue weighted by Crippen LogP contribution is 2.29. The monoisotopic (exact) mass is 372 g/mol. The summed E-state index contributed by atoms with van der Waals surface area (Å²) in [7, 11) is -2.31. The van der Waals surface area contributed by atoms with Gasteiger partial charge in [-0.15, -0.1) is 0 Å². The van der Waals surface area contributed by atoms with Gasteiger partial charge in [0.05, 0.1) is 30.9 Å². The van der Waals surface area contributed by atoms with E-state index in [1.54, 1.807) is 0 Å². The average molecular weight is 372 g/mol. The molecule has 2 rings (SSSR count). The molecule has 1 N–H and O–H groups in total. The fourth-order valence-corrected chi connectivity index (χ4v) is 3.65. The lowest BCUT2D eigenvalue weighted by Gasteiger charge is -2.26. The number of hydrogen-bond donors (Lipinski definition) is 1. The van der Waals surface area contributed by atoms with Gasteiger partial charge in [-0.1, -0.05) is 0 Å². The highest BCUT2D eigenvalue weighted by Gasteiger charge is 2.27. The Bertz CT molecular complexity index is 742. The Balaban J connectivity index is 2.18. The van der Waals surface area contributed by atoms with Crippen LogP contribution in [0.25, 0.3) is 0 Å². The van der Waals surface area contributed by atoms with Crippen molar-refractivity contribution in [2.45, 2.75) is 11.8 Å². The zero-order valence-corrected chi connectivity index (χ0v) is 14.8. The molecule has 0 spiro atoms. The molecule has 0 saturated carbocycles. The quantitative estimate of drug-likeness (QED) is 0.711. The average Bonchev–Trinajstić information content (AvgIpc) is 2.61. The predicted molar refractivity (Wildman–Crippen MR) is 87.8 cm³/mol. The van der Waals surface area contributed by atoms with Crippen LogP contribution in [0, 0.1) is 0 Å². The van der Waals surface area contributed by atoms with E-state index in [2.05, 4.69) is 10.1 Å². The van der Waals surface area contributed by atoms with Gasteiger partial charge in [-0.2, -0.15) is 4.31 Å². The second-order valence-corrected chi connectivity index (χ2v) is 7.14. The molecule has 0 radical (unpaired) electrons. The Labute approximate surface area is 145 Å². The minimum absolute atomic E-state index is 0.0595. The van der Waals surface area contributed by atoms with Crippen LogP contribution in [0.5, 0.6) is 5.75 Å². The molecule has 0 unspecified atom stereocenters. The topological polar surface area (TPSA) is 111 Å². The summed E-state index contributed by atoms with van der Waals surface area (Å²) in [6, 6.07) is 4.15. The number of hydrogen-bond acceptors (Lipinski definition) is 7. The van der Waals surface area contributed by atoms with Crippen LogP contribution >= 0.6 is 0 Å². The van der Waals surface area contributed by atoms with Crippen LogP contribution in [0.3, 0.4) is 0 Å². The van der Waals surface area contributed by atoms with E-state index in [0.717, 1.165) is 0 Å². The van der Waals surface area contributed by atoms with E-state index in [1.165, 1.54) is 36.5 Å². The van der Waals surface area contributed by atoms with E-state index < -0.39 is 28.5 Å². The van der Waals surface area contributed by atoms with Gasteiger partial charge in [-0.25, -0.2) is 8.42 Å². The molecule has 1 aliphatic heterocycles. The van der Waals surface area contributed by atoms with Crippen LogP contribution in [0.1, 0.15) is 6.92 Å². The first-order valence-corrected chi connectivity index (χ1v) is 8.97. The number of anilines is 1. The maximum atomic E-state index is 12.6. The number of morpholine rings is 1. The zero-order valence-electron chi connectivity index (χ0n) is 14.0. The molecule has 0 bridgehead atoms. The summed E-state index contributed by atoms with van der Waals surface area (Å²) >= 11 is 0. The molecule has 25 heavy (non-hydrogen) atoms. The normalized spacial score (nSPS) is 15.4. The number of sulfonamides is 1. The van der Waals surface area contributed by atoms with Crippen LogP contribution < -0.4 is 10.1 Å². The molecule has 0 aromatic heterocycles. The summed E-state index contributed by atoms with van der Waals surface area (Å²) in [6.07, 6.45) is 0. The van der Waals surface area contributed by atoms with E-state index in [0.29, 0.717) is 13.2 Å². The molecule has 0 atom stereocenters. The number of benzene rings is 1. The lowest BCUT2D eigenvalue weighted by atomic mass is 10.3. The Morgan fingerprint density at radius 1 is 1.28 bits per heavy atom. The first kappa shape index (κ1) is 19.2. The van der Waals surface area contributed by atoms with Gasteiger partial charge in [0.2, 0.25) is 10.0 Å². The maximum absolute atomic E-state index is 12.6. The van der Waals surface area contributed by atoms with Crippen molar-refractivity contribution in [2.24, 2.45) is 0 Å². The van der Waals surface area contributed by atoms with E-state index in [9.17, 15) is 18.0 Å². The minimum atomic E-state index is -3.67. The van der Waals surface area contributed by atoms with Gasteiger partial charge >= 0.3 is 5.97 Å². The van der Waals surface area contributed by atoms with Gasteiger partial charge in [0.1, 0.15) is 5.75 Å². The Morgan fingerprint density at radius 2 is 1.96 bits per heavy atom. The van der Waals surface area contributed by atoms with Crippen molar-refractivity contribution < 1.29 is 32.2 Å². The van der Waals surface area contributed by atoms with Gasteiger partial charge in [0.15, 0.2) is 6.61 Å². The molecule has 9 nitrogen and oxygen atoms in total. The van der Waals surface area contributed by atoms with E-state index >= 15 is 0 Å². The van der Waals surface area contributed by atoms with Crippen LogP contribution in [0.15, 0.2) is 23.1 Å². The summed E-state index contributed by atoms with van der Waals surface area (Å²) < 4.78 is 41.5. The number of rotatable bonds is 6. The van der Waals surface area contributed by atoms with Gasteiger partial charge in [-0.05, 0) is 12.1 Å². The third-order valence-corrected chi connectivity index (χ3v) is 5.36. The Kier molecular flexibility index (Phi) is 6.34. The fraction of sp³-hybridized carbons (Fsp3) is 0.467. The number of nitrogens with one attached hydrogen (secondary N) is 1. The second-order valence-electron chi connectivity index (χ2n) is 5.21. The van der Waals surface area contributed by atoms with Crippen molar-refractivity contribution in [1.29, 1.82) is 0 Å².